The summed E-state index contributed by atoms with van der Waals surface area (Å²) in [5.41, 5.74) is 1.04. The van der Waals surface area contributed by atoms with Crippen LogP contribution in [0.5, 0.6) is 0 Å². The highest BCUT2D eigenvalue weighted by molar-refractivity contribution is 5.86. The zero-order valence-corrected chi connectivity index (χ0v) is 14.9. The molecule has 0 saturated carbocycles. The van der Waals surface area contributed by atoms with E-state index in [1.165, 1.54) is 6.92 Å². The molecule has 3 N–H and O–H groups in total. The topological polar surface area (TPSA) is 123 Å². The van der Waals surface area contributed by atoms with Crippen molar-refractivity contribution in [3.63, 3.8) is 0 Å². The van der Waals surface area contributed by atoms with Gasteiger partial charge in [0, 0.05) is 6.07 Å². The Labute approximate surface area is 152 Å². The Morgan fingerprint density at radius 3 is 2.30 bits per heavy atom. The number of nitrogens with zero attached hydrogens (tertiary/aromatic N) is 1. The number of nitrogens with one attached hydrogen (secondary N) is 3. The lowest BCUT2D eigenvalue weighted by Gasteiger charge is -2.21. The number of ether oxygens (including phenoxy) is 1. The fraction of sp³-hybridized carbons (Fsp3) is 0.467. The minimum Gasteiger partial charge on any atom is -0.444 e. The summed E-state index contributed by atoms with van der Waals surface area (Å²) in [5.74, 6) is -0.796. The summed E-state index contributed by atoms with van der Waals surface area (Å²) in [7, 11) is 0. The first-order valence-electron chi connectivity index (χ1n) is 7.61. The van der Waals surface area contributed by atoms with Gasteiger partial charge in [0.25, 0.3) is 11.6 Å². The van der Waals surface area contributed by atoms with E-state index in [0.29, 0.717) is 12.1 Å². The Hall–Kier alpha value is -3.05. The lowest BCUT2D eigenvalue weighted by atomic mass is 10.1. The third-order valence-electron chi connectivity index (χ3n) is 2.97. The molecule has 150 valence electrons. The number of halogens is 3. The molecule has 0 aliphatic rings. The number of hydrogen-bond donors (Lipinski definition) is 3. The normalized spacial score (nSPS) is 12.7. The Kier molecular flexibility index (Phi) is 6.60. The molecule has 0 aliphatic carbocycles. The average Bonchev–Trinajstić information content (AvgIpc) is 2.49. The summed E-state index contributed by atoms with van der Waals surface area (Å²) in [4.78, 5) is 33.5. The molecule has 0 aromatic heterocycles. The number of benzene rings is 1. The summed E-state index contributed by atoms with van der Waals surface area (Å²) >= 11 is 0. The number of hydrazine groups is 1. The van der Waals surface area contributed by atoms with Crippen LogP contribution in [0.3, 0.4) is 0 Å². The van der Waals surface area contributed by atoms with Crippen LogP contribution in [0, 0.1) is 10.1 Å². The minimum absolute atomic E-state index is 0.344. The number of nitro groups is 1. The highest BCUT2D eigenvalue weighted by Crippen LogP contribution is 2.34. The summed E-state index contributed by atoms with van der Waals surface area (Å²) < 4.78 is 42.9. The molecule has 2 amide bonds. The second kappa shape index (κ2) is 8.10. The first-order chi connectivity index (χ1) is 12.2. The van der Waals surface area contributed by atoms with Crippen molar-refractivity contribution in [2.24, 2.45) is 0 Å². The van der Waals surface area contributed by atoms with Crippen LogP contribution in [0.25, 0.3) is 0 Å². The van der Waals surface area contributed by atoms with Crippen LogP contribution >= 0.6 is 0 Å². The SMILES string of the molecule is CC(NC(=O)OC(C)(C)C)C(=O)NNc1ccc(C(F)(F)F)cc1[N+](=O)[O-]. The maximum Gasteiger partial charge on any atom is 0.416 e. The first kappa shape index (κ1) is 22.0. The molecular weight excluding hydrogens is 373 g/mol. The second-order valence-corrected chi connectivity index (χ2v) is 6.47. The maximum atomic E-state index is 12.7. The number of alkyl halides is 3. The van der Waals surface area contributed by atoms with E-state index >= 15 is 0 Å². The number of nitro benzene ring substituents is 1. The lowest BCUT2D eigenvalue weighted by molar-refractivity contribution is -0.384. The molecule has 9 nitrogen and oxygen atoms in total. The molecule has 1 aromatic rings. The molecule has 1 unspecified atom stereocenters. The molecule has 1 aromatic carbocycles. The zero-order chi connectivity index (χ0) is 21.0. The largest absolute Gasteiger partial charge is 0.444 e. The van der Waals surface area contributed by atoms with Gasteiger partial charge in [-0.3, -0.25) is 25.8 Å². The highest BCUT2D eigenvalue weighted by atomic mass is 19.4. The van der Waals surface area contributed by atoms with Gasteiger partial charge in [0.2, 0.25) is 0 Å². The fourth-order valence-electron chi connectivity index (χ4n) is 1.75. The average molecular weight is 392 g/mol. The van der Waals surface area contributed by atoms with Crippen molar-refractivity contribution in [1.29, 1.82) is 0 Å². The van der Waals surface area contributed by atoms with E-state index < -0.39 is 46.0 Å². The Morgan fingerprint density at radius 1 is 1.22 bits per heavy atom. The molecule has 1 rings (SSSR count). The van der Waals surface area contributed by atoms with Gasteiger partial charge in [0.05, 0.1) is 10.5 Å². The van der Waals surface area contributed by atoms with Crippen molar-refractivity contribution in [3.05, 3.63) is 33.9 Å². The predicted octanol–water partition coefficient (Wildman–Crippen LogP) is 2.97. The van der Waals surface area contributed by atoms with Gasteiger partial charge < -0.3 is 10.1 Å². The van der Waals surface area contributed by atoms with E-state index in [1.54, 1.807) is 20.8 Å². The minimum atomic E-state index is -4.75. The van der Waals surface area contributed by atoms with Crippen molar-refractivity contribution in [1.82, 2.24) is 10.7 Å². The smallest absolute Gasteiger partial charge is 0.416 e. The summed E-state index contributed by atoms with van der Waals surface area (Å²) in [5, 5.41) is 13.2. The molecule has 0 fully saturated rings. The van der Waals surface area contributed by atoms with Crippen molar-refractivity contribution in [2.75, 3.05) is 5.43 Å². The third-order valence-corrected chi connectivity index (χ3v) is 2.97. The van der Waals surface area contributed by atoms with Crippen molar-refractivity contribution < 1.29 is 32.4 Å². The number of amides is 2. The van der Waals surface area contributed by atoms with Gasteiger partial charge in [-0.05, 0) is 39.8 Å². The van der Waals surface area contributed by atoms with Gasteiger partial charge in [0.1, 0.15) is 17.3 Å². The standard InChI is InChI=1S/C15H19F3N4O5/c1-8(19-13(24)27-14(2,3)4)12(23)21-20-10-6-5-9(15(16,17)18)7-11(10)22(25)26/h5-8,20H,1-4H3,(H,19,24)(H,21,23). The third kappa shape index (κ3) is 6.99. The summed E-state index contributed by atoms with van der Waals surface area (Å²) in [6.07, 6.45) is -5.61. The molecule has 0 spiro atoms. The van der Waals surface area contributed by atoms with Crippen LogP contribution in [-0.2, 0) is 15.7 Å². The Morgan fingerprint density at radius 2 is 1.81 bits per heavy atom. The van der Waals surface area contributed by atoms with Gasteiger partial charge in [-0.25, -0.2) is 4.79 Å². The molecule has 27 heavy (non-hydrogen) atoms. The van der Waals surface area contributed by atoms with Crippen LogP contribution < -0.4 is 16.2 Å². The molecule has 0 saturated heterocycles. The molecule has 0 radical (unpaired) electrons. The number of alkyl carbamates (subject to hydrolysis) is 1. The monoisotopic (exact) mass is 392 g/mol. The van der Waals surface area contributed by atoms with Crippen molar-refractivity contribution >= 4 is 23.4 Å². The lowest BCUT2D eigenvalue weighted by Crippen LogP contribution is -2.47. The van der Waals surface area contributed by atoms with Crippen molar-refractivity contribution in [3.8, 4) is 0 Å². The summed E-state index contributed by atoms with van der Waals surface area (Å²) in [6, 6.07) is 0.703. The number of carbonyl (C=O) groups is 2. The molecule has 0 heterocycles. The molecule has 1 atom stereocenters. The quantitative estimate of drug-likeness (QED) is 0.523. The van der Waals surface area contributed by atoms with Gasteiger partial charge in [0.15, 0.2) is 0 Å². The van der Waals surface area contributed by atoms with Crippen LogP contribution in [-0.4, -0.2) is 28.6 Å². The van der Waals surface area contributed by atoms with Crippen molar-refractivity contribution in [2.45, 2.75) is 45.5 Å². The van der Waals surface area contributed by atoms with E-state index in [1.807, 2.05) is 0 Å². The maximum absolute atomic E-state index is 12.7. The van der Waals surface area contributed by atoms with E-state index in [2.05, 4.69) is 16.2 Å². The van der Waals surface area contributed by atoms with E-state index in [-0.39, 0.29) is 5.69 Å². The van der Waals surface area contributed by atoms with Gasteiger partial charge >= 0.3 is 12.3 Å². The van der Waals surface area contributed by atoms with Crippen LogP contribution in [0.1, 0.15) is 33.3 Å². The van der Waals surface area contributed by atoms with Crippen LogP contribution in [0.15, 0.2) is 18.2 Å². The van der Waals surface area contributed by atoms with Gasteiger partial charge in [-0.1, -0.05) is 0 Å². The Balaban J connectivity index is 2.78. The van der Waals surface area contributed by atoms with E-state index in [4.69, 9.17) is 4.74 Å². The molecule has 0 bridgehead atoms. The number of anilines is 1. The number of rotatable bonds is 5. The van der Waals surface area contributed by atoms with Gasteiger partial charge in [-0.2, -0.15) is 13.2 Å². The van der Waals surface area contributed by atoms with Crippen LogP contribution in [0.2, 0.25) is 0 Å². The molecule has 12 heteroatoms. The van der Waals surface area contributed by atoms with E-state index in [0.717, 1.165) is 6.07 Å². The molecule has 0 aliphatic heterocycles. The summed E-state index contributed by atoms with van der Waals surface area (Å²) in [6.45, 7) is 6.20. The second-order valence-electron chi connectivity index (χ2n) is 6.47. The number of carbonyl (C=O) groups excluding carboxylic acids is 2. The first-order valence-corrected chi connectivity index (χ1v) is 7.61. The van der Waals surface area contributed by atoms with E-state index in [9.17, 15) is 32.9 Å². The molecular formula is C15H19F3N4O5. The van der Waals surface area contributed by atoms with Gasteiger partial charge in [-0.15, -0.1) is 0 Å². The number of hydrogen-bond acceptors (Lipinski definition) is 6. The fourth-order valence-corrected chi connectivity index (χ4v) is 1.75. The highest BCUT2D eigenvalue weighted by Gasteiger charge is 2.33. The van der Waals surface area contributed by atoms with Crippen LogP contribution in [0.4, 0.5) is 29.3 Å². The Bertz CT molecular complexity index is 731. The predicted molar refractivity (Wildman–Crippen MR) is 88.7 cm³/mol. The zero-order valence-electron chi connectivity index (χ0n) is 14.9.